The Morgan fingerprint density at radius 3 is 2.49 bits per heavy atom. The predicted molar refractivity (Wildman–Crippen MR) is 150 cm³/mol. The van der Waals surface area contributed by atoms with Gasteiger partial charge in [-0.15, -0.1) is 11.8 Å². The van der Waals surface area contributed by atoms with Crippen molar-refractivity contribution in [1.29, 1.82) is 0 Å². The molecule has 2 atom stereocenters. The lowest BCUT2D eigenvalue weighted by molar-refractivity contribution is -0.119. The molecule has 4 fully saturated rings. The lowest BCUT2D eigenvalue weighted by Gasteiger charge is -2.25. The summed E-state index contributed by atoms with van der Waals surface area (Å²) in [5, 5.41) is 3.60. The SMILES string of the molecule is O=C(Nc1ncc(SCCN2CCCC2)s1)[C@]1(c2ccc(S(=O)(=O)C3CC3)cc2)C[C@@H]1C1CCCCC1. The number of nitrogens with one attached hydrogen (secondary N) is 1. The van der Waals surface area contributed by atoms with E-state index in [4.69, 9.17) is 0 Å². The third-order valence-electron chi connectivity index (χ3n) is 8.86. The lowest BCUT2D eigenvalue weighted by atomic mass is 9.80. The van der Waals surface area contributed by atoms with E-state index in [1.807, 2.05) is 30.1 Å². The van der Waals surface area contributed by atoms with E-state index >= 15 is 0 Å². The lowest BCUT2D eigenvalue weighted by Crippen LogP contribution is -2.32. The Balaban J connectivity index is 1.17. The highest BCUT2D eigenvalue weighted by Crippen LogP contribution is 2.61. The maximum atomic E-state index is 13.9. The minimum absolute atomic E-state index is 0.0174. The predicted octanol–water partition coefficient (Wildman–Crippen LogP) is 5.74. The van der Waals surface area contributed by atoms with Crippen LogP contribution in [0.3, 0.4) is 0 Å². The summed E-state index contributed by atoms with van der Waals surface area (Å²) < 4.78 is 26.6. The molecule has 0 spiro atoms. The van der Waals surface area contributed by atoms with Gasteiger partial charge in [-0.05, 0) is 74.7 Å². The number of hydrogen-bond donors (Lipinski definition) is 1. The highest BCUT2D eigenvalue weighted by Gasteiger charge is 2.63. The summed E-state index contributed by atoms with van der Waals surface area (Å²) in [6.45, 7) is 3.52. The van der Waals surface area contributed by atoms with Gasteiger partial charge in [-0.1, -0.05) is 55.6 Å². The molecule has 1 N–H and O–H groups in total. The van der Waals surface area contributed by atoms with Gasteiger partial charge in [-0.2, -0.15) is 0 Å². The number of aromatic nitrogens is 1. The first-order valence-electron chi connectivity index (χ1n) is 13.9. The smallest absolute Gasteiger partial charge is 0.237 e. The quantitative estimate of drug-likeness (QED) is 0.374. The van der Waals surface area contributed by atoms with Crippen LogP contribution in [0.15, 0.2) is 39.6 Å². The summed E-state index contributed by atoms with van der Waals surface area (Å²) in [7, 11) is -3.24. The zero-order valence-electron chi connectivity index (χ0n) is 21.4. The Bertz CT molecular complexity index is 1210. The minimum atomic E-state index is -3.24. The highest BCUT2D eigenvalue weighted by atomic mass is 32.2. The van der Waals surface area contributed by atoms with Crippen molar-refractivity contribution in [1.82, 2.24) is 9.88 Å². The van der Waals surface area contributed by atoms with Crippen molar-refractivity contribution in [3.05, 3.63) is 36.0 Å². The molecule has 37 heavy (non-hydrogen) atoms. The number of hydrogen-bond acceptors (Lipinski definition) is 7. The molecule has 1 aliphatic heterocycles. The fraction of sp³-hybridized carbons (Fsp3) is 0.643. The molecular weight excluding hydrogens is 523 g/mol. The standard InChI is InChI=1S/C28H37N3O3S3/c32-26(30-27-29-19-25(36-27)35-17-16-31-14-4-5-15-31)28(18-24(28)20-6-2-1-3-7-20)21-8-10-22(11-9-21)37(33,34)23-12-13-23/h8-11,19-20,23-24H,1-7,12-18H2,(H,29,30,32)/t24-,28+/m1/s1. The number of amides is 1. The zero-order chi connectivity index (χ0) is 25.5. The van der Waals surface area contributed by atoms with Gasteiger partial charge in [-0.25, -0.2) is 13.4 Å². The van der Waals surface area contributed by atoms with Gasteiger partial charge in [0.15, 0.2) is 15.0 Å². The molecule has 1 saturated heterocycles. The molecule has 6 nitrogen and oxygen atoms in total. The topological polar surface area (TPSA) is 79.4 Å². The number of nitrogens with zero attached hydrogens (tertiary/aromatic N) is 2. The van der Waals surface area contributed by atoms with Crippen molar-refractivity contribution < 1.29 is 13.2 Å². The van der Waals surface area contributed by atoms with Crippen LogP contribution >= 0.6 is 23.1 Å². The van der Waals surface area contributed by atoms with E-state index in [0.717, 1.165) is 41.3 Å². The summed E-state index contributed by atoms with van der Waals surface area (Å²) in [5.74, 6) is 1.93. The van der Waals surface area contributed by atoms with Crippen LogP contribution in [-0.2, 0) is 20.0 Å². The Labute approximate surface area is 228 Å². The summed E-state index contributed by atoms with van der Waals surface area (Å²) in [6, 6.07) is 7.26. The summed E-state index contributed by atoms with van der Waals surface area (Å²) >= 11 is 3.37. The summed E-state index contributed by atoms with van der Waals surface area (Å²) in [5.41, 5.74) is 0.366. The monoisotopic (exact) mass is 559 g/mol. The largest absolute Gasteiger partial charge is 0.303 e. The van der Waals surface area contributed by atoms with Crippen LogP contribution in [0, 0.1) is 11.8 Å². The first-order chi connectivity index (χ1) is 18.0. The van der Waals surface area contributed by atoms with Gasteiger partial charge in [0.2, 0.25) is 5.91 Å². The fourth-order valence-electron chi connectivity index (χ4n) is 6.50. The van der Waals surface area contributed by atoms with Gasteiger partial charge < -0.3 is 10.2 Å². The van der Waals surface area contributed by atoms with Gasteiger partial charge in [0.1, 0.15) is 0 Å². The van der Waals surface area contributed by atoms with E-state index < -0.39 is 15.3 Å². The number of likely N-dealkylation sites (tertiary alicyclic amines) is 1. The molecule has 9 heteroatoms. The van der Waals surface area contributed by atoms with Gasteiger partial charge >= 0.3 is 0 Å². The van der Waals surface area contributed by atoms with E-state index in [9.17, 15) is 13.2 Å². The number of carbonyl (C=O) groups excluding carboxylic acids is 1. The molecule has 1 aromatic heterocycles. The molecule has 2 heterocycles. The van der Waals surface area contributed by atoms with Crippen molar-refractivity contribution in [3.8, 4) is 0 Å². The highest BCUT2D eigenvalue weighted by molar-refractivity contribution is 8.01. The van der Waals surface area contributed by atoms with Crippen LogP contribution in [0.25, 0.3) is 0 Å². The molecule has 0 unspecified atom stereocenters. The van der Waals surface area contributed by atoms with Crippen LogP contribution in [-0.4, -0.2) is 54.8 Å². The Morgan fingerprint density at radius 2 is 1.78 bits per heavy atom. The molecule has 2 aromatic rings. The van der Waals surface area contributed by atoms with Crippen molar-refractivity contribution in [3.63, 3.8) is 0 Å². The minimum Gasteiger partial charge on any atom is -0.303 e. The van der Waals surface area contributed by atoms with Crippen molar-refractivity contribution in [2.45, 2.75) is 84.0 Å². The second-order valence-corrected chi connectivity index (χ2v) is 15.9. The maximum absolute atomic E-state index is 13.9. The third kappa shape index (κ3) is 5.38. The van der Waals surface area contributed by atoms with Crippen LogP contribution in [0.5, 0.6) is 0 Å². The average Bonchev–Trinajstić information content (AvgIpc) is 3.81. The zero-order valence-corrected chi connectivity index (χ0v) is 23.8. The second kappa shape index (κ2) is 10.6. The Morgan fingerprint density at radius 1 is 1.05 bits per heavy atom. The molecule has 1 aromatic carbocycles. The number of sulfone groups is 1. The second-order valence-electron chi connectivity index (χ2n) is 11.3. The Kier molecular flexibility index (Phi) is 7.42. The first-order valence-corrected chi connectivity index (χ1v) is 17.3. The van der Waals surface area contributed by atoms with Crippen LogP contribution in [0.2, 0.25) is 0 Å². The maximum Gasteiger partial charge on any atom is 0.237 e. The normalized spacial score (nSPS) is 26.9. The fourth-order valence-corrected chi connectivity index (χ4v) is 10.1. The molecule has 4 aliphatic rings. The molecular formula is C28H37N3O3S3. The van der Waals surface area contributed by atoms with Crippen LogP contribution in [0.4, 0.5) is 5.13 Å². The molecule has 3 aliphatic carbocycles. The van der Waals surface area contributed by atoms with Crippen LogP contribution < -0.4 is 5.32 Å². The van der Waals surface area contributed by atoms with Crippen LogP contribution in [0.1, 0.15) is 69.8 Å². The molecule has 3 saturated carbocycles. The van der Waals surface area contributed by atoms with E-state index in [-0.39, 0.29) is 11.2 Å². The molecule has 0 radical (unpaired) electrons. The number of thioether (sulfide) groups is 1. The van der Waals surface area contributed by atoms with Gasteiger partial charge in [0, 0.05) is 12.3 Å². The molecule has 1 amide bonds. The molecule has 0 bridgehead atoms. The van der Waals surface area contributed by atoms with Gasteiger partial charge in [-0.3, -0.25) is 4.79 Å². The number of thiazole rings is 1. The van der Waals surface area contributed by atoms with Gasteiger partial charge in [0.25, 0.3) is 0 Å². The molecule has 200 valence electrons. The summed E-state index contributed by atoms with van der Waals surface area (Å²) in [6.07, 6.45) is 13.0. The van der Waals surface area contributed by atoms with Crippen molar-refractivity contribution >= 4 is 44.0 Å². The molecule has 6 rings (SSSR count). The number of rotatable bonds is 10. The average molecular weight is 560 g/mol. The van der Waals surface area contributed by atoms with E-state index in [1.54, 1.807) is 23.5 Å². The van der Waals surface area contributed by atoms with Gasteiger partial charge in [0.05, 0.1) is 26.0 Å². The van der Waals surface area contributed by atoms with Crippen molar-refractivity contribution in [2.75, 3.05) is 30.7 Å². The van der Waals surface area contributed by atoms with E-state index in [0.29, 0.717) is 21.9 Å². The summed E-state index contributed by atoms with van der Waals surface area (Å²) in [4.78, 5) is 21.3. The number of benzene rings is 1. The first kappa shape index (κ1) is 25.8. The van der Waals surface area contributed by atoms with Crippen molar-refractivity contribution in [2.24, 2.45) is 11.8 Å². The van der Waals surface area contributed by atoms with E-state index in [1.165, 1.54) is 58.0 Å². The number of carbonyl (C=O) groups is 1. The Hall–Kier alpha value is -1.42. The number of anilines is 1. The third-order valence-corrected chi connectivity index (χ3v) is 13.2. The van der Waals surface area contributed by atoms with E-state index in [2.05, 4.69) is 15.2 Å².